The van der Waals surface area contributed by atoms with Crippen LogP contribution in [0.25, 0.3) is 21.9 Å². The molecule has 0 bridgehead atoms. The third-order valence-electron chi connectivity index (χ3n) is 8.01. The monoisotopic (exact) mass is 640 g/mol. The number of anilines is 1. The SMILES string of the molecule is O=C(O)CC(NC(=O)c1cc(Cl)ccc1NCc1cccc2ccccc12)c1ccc(-c2ccccc2OCc2ccccc2)cc1. The van der Waals surface area contributed by atoms with Crippen molar-refractivity contribution >= 4 is 39.9 Å². The lowest BCUT2D eigenvalue weighted by atomic mass is 9.98. The van der Waals surface area contributed by atoms with Crippen LogP contribution in [0.2, 0.25) is 5.02 Å². The van der Waals surface area contributed by atoms with Crippen LogP contribution in [0, 0.1) is 0 Å². The Morgan fingerprint density at radius 3 is 2.30 bits per heavy atom. The van der Waals surface area contributed by atoms with Crippen LogP contribution in [0.3, 0.4) is 0 Å². The average Bonchev–Trinajstić information content (AvgIpc) is 3.10. The van der Waals surface area contributed by atoms with Gasteiger partial charge in [-0.05, 0) is 57.3 Å². The zero-order valence-electron chi connectivity index (χ0n) is 25.5. The van der Waals surface area contributed by atoms with Crippen LogP contribution in [0.5, 0.6) is 5.75 Å². The highest BCUT2D eigenvalue weighted by molar-refractivity contribution is 6.31. The van der Waals surface area contributed by atoms with E-state index in [9.17, 15) is 14.7 Å². The Balaban J connectivity index is 1.20. The lowest BCUT2D eigenvalue weighted by Crippen LogP contribution is -2.30. The van der Waals surface area contributed by atoms with E-state index in [4.69, 9.17) is 16.3 Å². The van der Waals surface area contributed by atoms with Gasteiger partial charge < -0.3 is 20.5 Å². The molecule has 6 aromatic carbocycles. The Morgan fingerprint density at radius 1 is 0.766 bits per heavy atom. The number of ether oxygens (including phenoxy) is 1. The van der Waals surface area contributed by atoms with E-state index in [1.165, 1.54) is 0 Å². The molecule has 0 aliphatic heterocycles. The van der Waals surface area contributed by atoms with Crippen LogP contribution < -0.4 is 15.4 Å². The summed E-state index contributed by atoms with van der Waals surface area (Å²) in [4.78, 5) is 25.6. The Bertz CT molecular complexity index is 2010. The molecule has 6 nitrogen and oxygen atoms in total. The second-order valence-corrected chi connectivity index (χ2v) is 11.6. The van der Waals surface area contributed by atoms with Crippen molar-refractivity contribution in [3.63, 3.8) is 0 Å². The van der Waals surface area contributed by atoms with Crippen LogP contribution in [0.4, 0.5) is 5.69 Å². The molecule has 1 atom stereocenters. The number of carbonyl (C=O) groups is 2. The van der Waals surface area contributed by atoms with Crippen LogP contribution in [0.15, 0.2) is 140 Å². The second-order valence-electron chi connectivity index (χ2n) is 11.2. The molecule has 47 heavy (non-hydrogen) atoms. The number of benzene rings is 6. The van der Waals surface area contributed by atoms with Gasteiger partial charge in [0.15, 0.2) is 0 Å². The lowest BCUT2D eigenvalue weighted by Gasteiger charge is -2.20. The number of halogens is 1. The molecule has 7 heteroatoms. The van der Waals surface area contributed by atoms with Crippen molar-refractivity contribution < 1.29 is 19.4 Å². The third kappa shape index (κ3) is 7.80. The van der Waals surface area contributed by atoms with Gasteiger partial charge in [-0.25, -0.2) is 0 Å². The molecule has 0 heterocycles. The summed E-state index contributed by atoms with van der Waals surface area (Å²) in [5.41, 5.74) is 5.56. The minimum atomic E-state index is -1.03. The van der Waals surface area contributed by atoms with Gasteiger partial charge in [-0.1, -0.05) is 127 Å². The number of fused-ring (bicyclic) bond motifs is 1. The standard InChI is InChI=1S/C40H33ClN2O4/c41-32-21-22-36(42-25-31-13-8-12-28-11-4-5-14-33(28)31)35(23-32)40(46)43-37(24-39(44)45)30-19-17-29(18-20-30)34-15-6-7-16-38(34)47-26-27-9-2-1-3-10-27/h1-23,37,42H,24-26H2,(H,43,46)(H,44,45). The van der Waals surface area contributed by atoms with Gasteiger partial charge in [-0.15, -0.1) is 0 Å². The quantitative estimate of drug-likeness (QED) is 0.124. The molecule has 6 aromatic rings. The third-order valence-corrected chi connectivity index (χ3v) is 8.24. The highest BCUT2D eigenvalue weighted by atomic mass is 35.5. The maximum Gasteiger partial charge on any atom is 0.305 e. The number of para-hydroxylation sites is 1. The van der Waals surface area contributed by atoms with E-state index in [0.29, 0.717) is 35.0 Å². The Morgan fingerprint density at radius 2 is 1.49 bits per heavy atom. The van der Waals surface area contributed by atoms with Gasteiger partial charge in [0, 0.05) is 22.8 Å². The first kappa shape index (κ1) is 31.4. The van der Waals surface area contributed by atoms with Gasteiger partial charge in [0.05, 0.1) is 18.0 Å². The number of aliphatic carboxylic acids is 1. The maximum atomic E-state index is 13.7. The first-order valence-electron chi connectivity index (χ1n) is 15.3. The molecular formula is C40H33ClN2O4. The highest BCUT2D eigenvalue weighted by Crippen LogP contribution is 2.32. The molecule has 0 fully saturated rings. The highest BCUT2D eigenvalue weighted by Gasteiger charge is 2.21. The number of amides is 1. The summed E-state index contributed by atoms with van der Waals surface area (Å²) in [7, 11) is 0. The molecule has 6 rings (SSSR count). The number of carbonyl (C=O) groups excluding carboxylic acids is 1. The molecule has 0 aliphatic carbocycles. The fraction of sp³-hybridized carbons (Fsp3) is 0.100. The molecule has 0 saturated carbocycles. The molecule has 0 aromatic heterocycles. The molecule has 0 saturated heterocycles. The van der Waals surface area contributed by atoms with Gasteiger partial charge in [0.2, 0.25) is 0 Å². The first-order valence-corrected chi connectivity index (χ1v) is 15.7. The Hall–Kier alpha value is -5.59. The maximum absolute atomic E-state index is 13.7. The van der Waals surface area contributed by atoms with E-state index in [2.05, 4.69) is 28.8 Å². The molecular weight excluding hydrogens is 608 g/mol. The summed E-state index contributed by atoms with van der Waals surface area (Å²) in [5.74, 6) is -0.716. The topological polar surface area (TPSA) is 87.7 Å². The number of hydrogen-bond acceptors (Lipinski definition) is 4. The van der Waals surface area contributed by atoms with Crippen molar-refractivity contribution in [1.82, 2.24) is 5.32 Å². The van der Waals surface area contributed by atoms with Gasteiger partial charge in [0.25, 0.3) is 5.91 Å². The van der Waals surface area contributed by atoms with Crippen molar-refractivity contribution in [2.24, 2.45) is 0 Å². The minimum absolute atomic E-state index is 0.290. The predicted octanol–water partition coefficient (Wildman–Crippen LogP) is 9.30. The summed E-state index contributed by atoms with van der Waals surface area (Å²) in [6.45, 7) is 0.921. The van der Waals surface area contributed by atoms with E-state index in [1.807, 2.05) is 103 Å². The van der Waals surface area contributed by atoms with Crippen molar-refractivity contribution in [3.8, 4) is 16.9 Å². The first-order chi connectivity index (χ1) is 22.9. The molecule has 234 valence electrons. The molecule has 3 N–H and O–H groups in total. The zero-order valence-corrected chi connectivity index (χ0v) is 26.3. The van der Waals surface area contributed by atoms with Gasteiger partial charge >= 0.3 is 5.97 Å². The van der Waals surface area contributed by atoms with E-state index < -0.39 is 17.9 Å². The summed E-state index contributed by atoms with van der Waals surface area (Å²) >= 11 is 6.33. The number of hydrogen-bond donors (Lipinski definition) is 3. The molecule has 0 radical (unpaired) electrons. The van der Waals surface area contributed by atoms with Crippen molar-refractivity contribution in [2.75, 3.05) is 5.32 Å². The lowest BCUT2D eigenvalue weighted by molar-refractivity contribution is -0.137. The van der Waals surface area contributed by atoms with Crippen LogP contribution >= 0.6 is 11.6 Å². The normalized spacial score (nSPS) is 11.5. The number of nitrogens with one attached hydrogen (secondary N) is 2. The summed E-state index contributed by atoms with van der Waals surface area (Å²) < 4.78 is 6.15. The fourth-order valence-corrected chi connectivity index (χ4v) is 5.79. The number of rotatable bonds is 12. The summed E-state index contributed by atoms with van der Waals surface area (Å²) in [6.07, 6.45) is -0.290. The van der Waals surface area contributed by atoms with Crippen molar-refractivity contribution in [2.45, 2.75) is 25.6 Å². The van der Waals surface area contributed by atoms with Crippen LogP contribution in [-0.2, 0) is 17.9 Å². The van der Waals surface area contributed by atoms with Crippen LogP contribution in [-0.4, -0.2) is 17.0 Å². The van der Waals surface area contributed by atoms with E-state index in [1.54, 1.807) is 18.2 Å². The average molecular weight is 641 g/mol. The molecule has 1 unspecified atom stereocenters. The van der Waals surface area contributed by atoms with Gasteiger partial charge in [0.1, 0.15) is 12.4 Å². The second kappa shape index (κ2) is 14.7. The summed E-state index contributed by atoms with van der Waals surface area (Å²) in [6, 6.07) is 43.8. The van der Waals surface area contributed by atoms with E-state index in [0.717, 1.165) is 38.8 Å². The van der Waals surface area contributed by atoms with Gasteiger partial charge in [-0.2, -0.15) is 0 Å². The Kier molecular flexibility index (Phi) is 9.80. The summed E-state index contributed by atoms with van der Waals surface area (Å²) in [5, 5.41) is 18.7. The Labute approximate surface area is 278 Å². The zero-order chi connectivity index (χ0) is 32.6. The number of carboxylic acid groups (broad SMARTS) is 1. The molecule has 1 amide bonds. The molecule has 0 spiro atoms. The van der Waals surface area contributed by atoms with Crippen molar-refractivity contribution in [3.05, 3.63) is 167 Å². The smallest absolute Gasteiger partial charge is 0.305 e. The number of carboxylic acids is 1. The molecule has 0 aliphatic rings. The van der Waals surface area contributed by atoms with E-state index >= 15 is 0 Å². The fourth-order valence-electron chi connectivity index (χ4n) is 5.62. The largest absolute Gasteiger partial charge is 0.488 e. The van der Waals surface area contributed by atoms with Gasteiger partial charge in [-0.3, -0.25) is 9.59 Å². The van der Waals surface area contributed by atoms with Crippen molar-refractivity contribution in [1.29, 1.82) is 0 Å². The van der Waals surface area contributed by atoms with Crippen LogP contribution in [0.1, 0.15) is 39.5 Å². The predicted molar refractivity (Wildman–Crippen MR) is 188 cm³/mol. The minimum Gasteiger partial charge on any atom is -0.488 e. The van der Waals surface area contributed by atoms with E-state index in [-0.39, 0.29) is 6.42 Å².